The molecular formula is C15H15FN2O2. The Morgan fingerprint density at radius 3 is 2.85 bits per heavy atom. The zero-order chi connectivity index (χ0) is 14.5. The summed E-state index contributed by atoms with van der Waals surface area (Å²) in [6.07, 6.45) is 3.10. The molecule has 0 bridgehead atoms. The molecule has 104 valence electrons. The minimum absolute atomic E-state index is 0.134. The second kappa shape index (κ2) is 6.23. The van der Waals surface area contributed by atoms with Gasteiger partial charge in [0.25, 0.3) is 0 Å². The van der Waals surface area contributed by atoms with Gasteiger partial charge in [0.05, 0.1) is 11.3 Å². The molecule has 0 unspecified atom stereocenters. The molecule has 0 aliphatic carbocycles. The van der Waals surface area contributed by atoms with Crippen molar-refractivity contribution in [3.8, 4) is 0 Å². The van der Waals surface area contributed by atoms with Crippen LogP contribution in [0, 0.1) is 5.82 Å². The van der Waals surface area contributed by atoms with Crippen LogP contribution in [0.1, 0.15) is 40.8 Å². The van der Waals surface area contributed by atoms with Crippen LogP contribution in [-0.4, -0.2) is 21.0 Å². The normalized spacial score (nSPS) is 10.5. The molecule has 1 N–H and O–H groups in total. The van der Waals surface area contributed by atoms with Crippen LogP contribution in [0.15, 0.2) is 30.5 Å². The molecule has 0 aliphatic rings. The first-order valence-electron chi connectivity index (χ1n) is 6.42. The van der Waals surface area contributed by atoms with E-state index in [4.69, 9.17) is 5.11 Å². The molecule has 0 saturated heterocycles. The molecule has 0 aliphatic heterocycles. The lowest BCUT2D eigenvalue weighted by Crippen LogP contribution is -2.09. The van der Waals surface area contributed by atoms with Crippen LogP contribution in [0.4, 0.5) is 4.39 Å². The molecule has 0 fully saturated rings. The largest absolute Gasteiger partial charge is 0.478 e. The van der Waals surface area contributed by atoms with Gasteiger partial charge in [-0.3, -0.25) is 0 Å². The predicted molar refractivity (Wildman–Crippen MR) is 72.2 cm³/mol. The molecule has 0 radical (unpaired) electrons. The van der Waals surface area contributed by atoms with E-state index in [2.05, 4.69) is 9.97 Å². The maximum Gasteiger partial charge on any atom is 0.339 e. The van der Waals surface area contributed by atoms with E-state index in [9.17, 15) is 9.18 Å². The van der Waals surface area contributed by atoms with Crippen LogP contribution < -0.4 is 0 Å². The van der Waals surface area contributed by atoms with Crippen molar-refractivity contribution >= 4 is 5.97 Å². The third-order valence-electron chi connectivity index (χ3n) is 2.89. The third-order valence-corrected chi connectivity index (χ3v) is 2.89. The van der Waals surface area contributed by atoms with Gasteiger partial charge in [-0.05, 0) is 24.1 Å². The standard InChI is InChI=1S/C15H15FN2O2/c1-2-4-13-12(15(19)20)9-17-14(18-13)8-10-5-3-6-11(16)7-10/h3,5-7,9H,2,4,8H2,1H3,(H,19,20). The molecule has 0 amide bonds. The summed E-state index contributed by atoms with van der Waals surface area (Å²) in [6, 6.07) is 6.22. The fourth-order valence-corrected chi connectivity index (χ4v) is 1.98. The summed E-state index contributed by atoms with van der Waals surface area (Å²) in [5.41, 5.74) is 1.42. The van der Waals surface area contributed by atoms with Gasteiger partial charge >= 0.3 is 5.97 Å². The third kappa shape index (κ3) is 3.38. The summed E-state index contributed by atoms with van der Waals surface area (Å²) in [4.78, 5) is 19.4. The van der Waals surface area contributed by atoms with Crippen molar-refractivity contribution in [3.05, 3.63) is 58.9 Å². The fraction of sp³-hybridized carbons (Fsp3) is 0.267. The first-order chi connectivity index (χ1) is 9.60. The highest BCUT2D eigenvalue weighted by atomic mass is 19.1. The molecule has 1 heterocycles. The number of hydrogen-bond donors (Lipinski definition) is 1. The maximum absolute atomic E-state index is 13.1. The highest BCUT2D eigenvalue weighted by molar-refractivity contribution is 5.88. The summed E-state index contributed by atoms with van der Waals surface area (Å²) >= 11 is 0. The number of hydrogen-bond acceptors (Lipinski definition) is 3. The lowest BCUT2D eigenvalue weighted by Gasteiger charge is -2.07. The van der Waals surface area contributed by atoms with E-state index in [1.54, 1.807) is 12.1 Å². The van der Waals surface area contributed by atoms with E-state index < -0.39 is 5.97 Å². The van der Waals surface area contributed by atoms with Crippen molar-refractivity contribution in [3.63, 3.8) is 0 Å². The summed E-state index contributed by atoms with van der Waals surface area (Å²) in [7, 11) is 0. The van der Waals surface area contributed by atoms with Gasteiger partial charge < -0.3 is 5.11 Å². The van der Waals surface area contributed by atoms with E-state index in [1.165, 1.54) is 18.3 Å². The van der Waals surface area contributed by atoms with Crippen LogP contribution in [0.5, 0.6) is 0 Å². The number of halogens is 1. The average molecular weight is 274 g/mol. The molecule has 2 aromatic rings. The van der Waals surface area contributed by atoms with Crippen molar-refractivity contribution in [1.82, 2.24) is 9.97 Å². The van der Waals surface area contributed by atoms with Gasteiger partial charge in [-0.15, -0.1) is 0 Å². The van der Waals surface area contributed by atoms with Gasteiger partial charge in [0.1, 0.15) is 11.6 Å². The Morgan fingerprint density at radius 2 is 2.20 bits per heavy atom. The van der Waals surface area contributed by atoms with E-state index >= 15 is 0 Å². The smallest absolute Gasteiger partial charge is 0.339 e. The van der Waals surface area contributed by atoms with E-state index in [1.807, 2.05) is 6.92 Å². The monoisotopic (exact) mass is 274 g/mol. The maximum atomic E-state index is 13.1. The molecule has 0 spiro atoms. The first-order valence-corrected chi connectivity index (χ1v) is 6.42. The second-order valence-electron chi connectivity index (χ2n) is 4.51. The van der Waals surface area contributed by atoms with Gasteiger partial charge in [-0.2, -0.15) is 0 Å². The molecule has 0 saturated carbocycles. The van der Waals surface area contributed by atoms with Crippen molar-refractivity contribution < 1.29 is 14.3 Å². The van der Waals surface area contributed by atoms with Crippen molar-refractivity contribution in [2.24, 2.45) is 0 Å². The SMILES string of the molecule is CCCc1nc(Cc2cccc(F)c2)ncc1C(=O)O. The van der Waals surface area contributed by atoms with E-state index in [0.717, 1.165) is 12.0 Å². The number of aromatic carboxylic acids is 1. The Morgan fingerprint density at radius 1 is 1.40 bits per heavy atom. The number of aryl methyl sites for hydroxylation is 1. The molecule has 2 rings (SSSR count). The number of aromatic nitrogens is 2. The van der Waals surface area contributed by atoms with Crippen molar-refractivity contribution in [1.29, 1.82) is 0 Å². The quantitative estimate of drug-likeness (QED) is 0.910. The van der Waals surface area contributed by atoms with Crippen molar-refractivity contribution in [2.45, 2.75) is 26.2 Å². The van der Waals surface area contributed by atoms with Gasteiger partial charge in [-0.25, -0.2) is 19.2 Å². The summed E-state index contributed by atoms with van der Waals surface area (Å²) in [6.45, 7) is 1.96. The van der Waals surface area contributed by atoms with Crippen LogP contribution in [0.3, 0.4) is 0 Å². The number of carboxylic acids is 1. The zero-order valence-electron chi connectivity index (χ0n) is 11.1. The topological polar surface area (TPSA) is 63.1 Å². The molecule has 0 atom stereocenters. The van der Waals surface area contributed by atoms with E-state index in [0.29, 0.717) is 24.4 Å². The second-order valence-corrected chi connectivity index (χ2v) is 4.51. The molecule has 4 nitrogen and oxygen atoms in total. The minimum atomic E-state index is -1.02. The van der Waals surface area contributed by atoms with Crippen molar-refractivity contribution in [2.75, 3.05) is 0 Å². The molecule has 5 heteroatoms. The van der Waals surface area contributed by atoms with Crippen LogP contribution in [-0.2, 0) is 12.8 Å². The lowest BCUT2D eigenvalue weighted by molar-refractivity contribution is 0.0694. The van der Waals surface area contributed by atoms with Gasteiger partial charge in [-0.1, -0.05) is 25.5 Å². The average Bonchev–Trinajstić information content (AvgIpc) is 2.39. The number of carbonyl (C=O) groups is 1. The zero-order valence-corrected chi connectivity index (χ0v) is 11.1. The number of benzene rings is 1. The predicted octanol–water partition coefficient (Wildman–Crippen LogP) is 2.86. The van der Waals surface area contributed by atoms with Crippen LogP contribution in [0.2, 0.25) is 0 Å². The molecule has 1 aromatic heterocycles. The lowest BCUT2D eigenvalue weighted by atomic mass is 10.1. The van der Waals surface area contributed by atoms with Crippen LogP contribution >= 0.6 is 0 Å². The first kappa shape index (κ1) is 14.1. The molecule has 1 aromatic carbocycles. The molecular weight excluding hydrogens is 259 g/mol. The summed E-state index contributed by atoms with van der Waals surface area (Å²) in [5, 5.41) is 9.08. The van der Waals surface area contributed by atoms with Crippen LogP contribution in [0.25, 0.3) is 0 Å². The van der Waals surface area contributed by atoms with Gasteiger partial charge in [0.15, 0.2) is 0 Å². The van der Waals surface area contributed by atoms with Gasteiger partial charge in [0.2, 0.25) is 0 Å². The van der Waals surface area contributed by atoms with Gasteiger partial charge in [0, 0.05) is 12.6 Å². The highest BCUT2D eigenvalue weighted by Crippen LogP contribution is 2.12. The highest BCUT2D eigenvalue weighted by Gasteiger charge is 2.13. The number of nitrogens with zero attached hydrogens (tertiary/aromatic N) is 2. The Kier molecular flexibility index (Phi) is 4.40. The number of carboxylic acid groups (broad SMARTS) is 1. The Bertz CT molecular complexity index is 629. The minimum Gasteiger partial charge on any atom is -0.478 e. The Labute approximate surface area is 116 Å². The summed E-state index contributed by atoms with van der Waals surface area (Å²) in [5.74, 6) is -0.826. The molecule has 20 heavy (non-hydrogen) atoms. The fourth-order valence-electron chi connectivity index (χ4n) is 1.98. The number of rotatable bonds is 5. The van der Waals surface area contributed by atoms with E-state index in [-0.39, 0.29) is 11.4 Å². The summed E-state index contributed by atoms with van der Waals surface area (Å²) < 4.78 is 13.1. The Hall–Kier alpha value is -2.30. The Balaban J connectivity index is 2.29.